The number of aromatic nitrogens is 3. The number of benzene rings is 1. The van der Waals surface area contributed by atoms with E-state index in [2.05, 4.69) is 15.6 Å². The molecular weight excluding hydrogens is 344 g/mol. The first-order valence-corrected chi connectivity index (χ1v) is 8.40. The lowest BCUT2D eigenvalue weighted by Gasteiger charge is -2.03. The number of methoxy groups -OCH3 is 1. The van der Waals surface area contributed by atoms with Crippen LogP contribution in [0.25, 0.3) is 0 Å². The van der Waals surface area contributed by atoms with Crippen molar-refractivity contribution in [2.75, 3.05) is 14.2 Å². The lowest BCUT2D eigenvalue weighted by molar-refractivity contribution is 0.111. The summed E-state index contributed by atoms with van der Waals surface area (Å²) >= 11 is 0. The van der Waals surface area contributed by atoms with E-state index in [1.807, 2.05) is 13.1 Å². The molecule has 0 fully saturated rings. The molecule has 3 rings (SSSR count). The molecule has 2 aromatic heterocycles. The summed E-state index contributed by atoms with van der Waals surface area (Å²) in [5.74, 6) is 1.56. The molecule has 25 heavy (non-hydrogen) atoms. The zero-order valence-electron chi connectivity index (χ0n) is 13.8. The Morgan fingerprint density at radius 3 is 2.56 bits per heavy atom. The fraction of sp³-hybridized carbons (Fsp3) is 0.188. The number of hydrogen-bond acceptors (Lipinski definition) is 7. The number of carbonyl (C=O) groups excluding carboxylic acids is 1. The molecule has 0 amide bonds. The number of ether oxygens (including phenoxy) is 1. The van der Waals surface area contributed by atoms with E-state index >= 15 is 0 Å². The summed E-state index contributed by atoms with van der Waals surface area (Å²) in [6, 6.07) is 10.2. The van der Waals surface area contributed by atoms with E-state index in [1.165, 1.54) is 16.4 Å². The van der Waals surface area contributed by atoms with Crippen molar-refractivity contribution in [2.45, 2.75) is 11.4 Å². The van der Waals surface area contributed by atoms with E-state index < -0.39 is 11.0 Å². The van der Waals surface area contributed by atoms with Crippen LogP contribution >= 0.6 is 0 Å². The summed E-state index contributed by atoms with van der Waals surface area (Å²) in [4.78, 5) is 11.1. The van der Waals surface area contributed by atoms with Gasteiger partial charge in [0.1, 0.15) is 17.2 Å². The van der Waals surface area contributed by atoms with Crippen molar-refractivity contribution in [2.24, 2.45) is 0 Å². The SMILES string of the molecule is CNCc1ccno1.COc1ccc(S(=O)n2ccc(C=O)n2)cc1. The Balaban J connectivity index is 0.000000236. The molecule has 1 atom stereocenters. The predicted molar refractivity (Wildman–Crippen MR) is 91.7 cm³/mol. The van der Waals surface area contributed by atoms with Crippen LogP contribution in [0.3, 0.4) is 0 Å². The lowest BCUT2D eigenvalue weighted by atomic mass is 10.3. The van der Waals surface area contributed by atoms with Gasteiger partial charge in [-0.3, -0.25) is 4.79 Å². The van der Waals surface area contributed by atoms with Gasteiger partial charge in [0.15, 0.2) is 17.3 Å². The molecule has 0 aliphatic heterocycles. The van der Waals surface area contributed by atoms with Crippen molar-refractivity contribution >= 4 is 17.3 Å². The smallest absolute Gasteiger partial charge is 0.173 e. The molecule has 1 aromatic carbocycles. The monoisotopic (exact) mass is 362 g/mol. The first-order chi connectivity index (χ1) is 12.2. The van der Waals surface area contributed by atoms with Crippen LogP contribution in [-0.4, -0.2) is 39.0 Å². The molecule has 9 heteroatoms. The molecule has 1 unspecified atom stereocenters. The number of hydrogen-bond donors (Lipinski definition) is 1. The Morgan fingerprint density at radius 1 is 1.28 bits per heavy atom. The first-order valence-electron chi connectivity index (χ1n) is 7.29. The Kier molecular flexibility index (Phi) is 7.05. The van der Waals surface area contributed by atoms with Crippen LogP contribution in [0.1, 0.15) is 16.2 Å². The highest BCUT2D eigenvalue weighted by Crippen LogP contribution is 2.15. The van der Waals surface area contributed by atoms with E-state index in [0.717, 1.165) is 12.3 Å². The topological polar surface area (TPSA) is 99.3 Å². The summed E-state index contributed by atoms with van der Waals surface area (Å²) in [5, 5.41) is 10.3. The maximum absolute atomic E-state index is 12.0. The predicted octanol–water partition coefficient (Wildman–Crippen LogP) is 1.67. The van der Waals surface area contributed by atoms with Crippen LogP contribution in [0.5, 0.6) is 5.75 Å². The zero-order valence-corrected chi connectivity index (χ0v) is 14.6. The van der Waals surface area contributed by atoms with Gasteiger partial charge in [0, 0.05) is 12.3 Å². The van der Waals surface area contributed by atoms with Crippen LogP contribution in [-0.2, 0) is 17.5 Å². The highest BCUT2D eigenvalue weighted by Gasteiger charge is 2.08. The Hall–Kier alpha value is -2.78. The van der Waals surface area contributed by atoms with Gasteiger partial charge in [0.25, 0.3) is 0 Å². The normalized spacial score (nSPS) is 11.3. The molecule has 0 saturated heterocycles. The van der Waals surface area contributed by atoms with Crippen LogP contribution in [0.4, 0.5) is 0 Å². The summed E-state index contributed by atoms with van der Waals surface area (Å²) in [6.07, 6.45) is 3.75. The van der Waals surface area contributed by atoms with E-state index in [-0.39, 0.29) is 5.69 Å². The molecule has 2 heterocycles. The largest absolute Gasteiger partial charge is 0.497 e. The third-order valence-electron chi connectivity index (χ3n) is 2.98. The van der Waals surface area contributed by atoms with E-state index in [0.29, 0.717) is 16.9 Å². The molecule has 0 saturated carbocycles. The molecule has 0 bridgehead atoms. The maximum Gasteiger partial charge on any atom is 0.173 e. The van der Waals surface area contributed by atoms with Crippen molar-refractivity contribution < 1.29 is 18.3 Å². The zero-order chi connectivity index (χ0) is 18.1. The molecule has 0 radical (unpaired) electrons. The molecular formula is C16H18N4O4S. The second-order valence-corrected chi connectivity index (χ2v) is 6.04. The fourth-order valence-electron chi connectivity index (χ4n) is 1.78. The van der Waals surface area contributed by atoms with Gasteiger partial charge in [-0.25, -0.2) is 4.21 Å². The van der Waals surface area contributed by atoms with Gasteiger partial charge in [-0.2, -0.15) is 9.19 Å². The third-order valence-corrected chi connectivity index (χ3v) is 4.20. The van der Waals surface area contributed by atoms with Crippen molar-refractivity contribution in [3.05, 3.63) is 60.2 Å². The van der Waals surface area contributed by atoms with Gasteiger partial charge in [0.05, 0.1) is 24.7 Å². The van der Waals surface area contributed by atoms with E-state index in [9.17, 15) is 9.00 Å². The molecule has 0 aliphatic rings. The molecule has 1 N–H and O–H groups in total. The van der Waals surface area contributed by atoms with Crippen molar-refractivity contribution in [1.29, 1.82) is 0 Å². The second-order valence-electron chi connectivity index (χ2n) is 4.69. The van der Waals surface area contributed by atoms with Gasteiger partial charge in [-0.1, -0.05) is 5.16 Å². The lowest BCUT2D eigenvalue weighted by Crippen LogP contribution is -2.06. The highest BCUT2D eigenvalue weighted by atomic mass is 32.2. The molecule has 3 aromatic rings. The Morgan fingerprint density at radius 2 is 2.04 bits per heavy atom. The summed E-state index contributed by atoms with van der Waals surface area (Å²) in [7, 11) is 1.98. The minimum Gasteiger partial charge on any atom is -0.497 e. The highest BCUT2D eigenvalue weighted by molar-refractivity contribution is 7.83. The number of nitrogens with one attached hydrogen (secondary N) is 1. The third kappa shape index (κ3) is 5.37. The average Bonchev–Trinajstić information content (AvgIpc) is 3.34. The second kappa shape index (κ2) is 9.50. The number of carbonyl (C=O) groups is 1. The minimum atomic E-state index is -1.45. The summed E-state index contributed by atoms with van der Waals surface area (Å²) < 4.78 is 23.0. The number of aldehydes is 1. The van der Waals surface area contributed by atoms with Crippen LogP contribution < -0.4 is 10.1 Å². The molecule has 0 spiro atoms. The van der Waals surface area contributed by atoms with Gasteiger partial charge in [-0.15, -0.1) is 0 Å². The van der Waals surface area contributed by atoms with Crippen molar-refractivity contribution in [3.8, 4) is 5.75 Å². The Labute approximate surface area is 147 Å². The molecule has 8 nitrogen and oxygen atoms in total. The van der Waals surface area contributed by atoms with Gasteiger partial charge < -0.3 is 14.6 Å². The van der Waals surface area contributed by atoms with Crippen molar-refractivity contribution in [3.63, 3.8) is 0 Å². The van der Waals surface area contributed by atoms with Gasteiger partial charge >= 0.3 is 0 Å². The number of rotatable bonds is 6. The first kappa shape index (κ1) is 18.6. The Bertz CT molecular complexity index is 800. The fourth-order valence-corrected chi connectivity index (χ4v) is 2.71. The van der Waals surface area contributed by atoms with Gasteiger partial charge in [0.2, 0.25) is 0 Å². The van der Waals surface area contributed by atoms with E-state index in [1.54, 1.807) is 37.6 Å². The molecule has 0 aliphatic carbocycles. The minimum absolute atomic E-state index is 0.256. The van der Waals surface area contributed by atoms with Crippen molar-refractivity contribution in [1.82, 2.24) is 19.7 Å². The quantitative estimate of drug-likeness (QED) is 0.666. The maximum atomic E-state index is 12.0. The average molecular weight is 362 g/mol. The van der Waals surface area contributed by atoms with E-state index in [4.69, 9.17) is 9.26 Å². The molecule has 132 valence electrons. The van der Waals surface area contributed by atoms with Gasteiger partial charge in [-0.05, 0) is 37.4 Å². The summed E-state index contributed by atoms with van der Waals surface area (Å²) in [6.45, 7) is 0.750. The van der Waals surface area contributed by atoms with Crippen LogP contribution in [0.2, 0.25) is 0 Å². The standard InChI is InChI=1S/C11H10N2O3S.C5H8N2O/c1-16-10-2-4-11(5-3-10)17(15)13-7-6-9(8-14)12-13;1-6-4-5-2-3-7-8-5/h2-8H,1H3;2-3,6H,4H2,1H3. The van der Waals surface area contributed by atoms with Crippen LogP contribution in [0, 0.1) is 0 Å². The van der Waals surface area contributed by atoms with Crippen LogP contribution in [0.15, 0.2) is 58.2 Å². The number of nitrogens with zero attached hydrogens (tertiary/aromatic N) is 3. The summed E-state index contributed by atoms with van der Waals surface area (Å²) in [5.41, 5.74) is 0.256.